The summed E-state index contributed by atoms with van der Waals surface area (Å²) >= 11 is 0. The van der Waals surface area contributed by atoms with Crippen LogP contribution in [0, 0.1) is 6.92 Å². The molecular formula is C71H50N2. The summed E-state index contributed by atoms with van der Waals surface area (Å²) in [5, 5.41) is 5.08. The standard InChI is InChI=1S/C71H50N2/c1-44-17-15-20-47(35-44)50-36-49(45-18-5-4-6-19-45)37-51(38-50)48-21-16-22-53(39-48)73-67-30-14-12-26-57(67)63-41-61-60-40-62-56-25-11-13-29-66(56)72(68(62)42-64(60)71(2,3)65(61)43-69(63)73)52-33-31-46(32-34-52)70-58-27-9-7-23-54(58)55-24-8-10-28-59(55)70/h4-43,70H,1-3H3. The van der Waals surface area contributed by atoms with Gasteiger partial charge < -0.3 is 9.13 Å². The van der Waals surface area contributed by atoms with E-state index in [1.165, 1.54) is 138 Å². The van der Waals surface area contributed by atoms with Crippen molar-refractivity contribution in [3.63, 3.8) is 0 Å². The van der Waals surface area contributed by atoms with Gasteiger partial charge in [-0.3, -0.25) is 0 Å². The van der Waals surface area contributed by atoms with Crippen molar-refractivity contribution in [2.45, 2.75) is 32.1 Å². The van der Waals surface area contributed by atoms with Crippen LogP contribution in [0.25, 0.3) is 111 Å². The average molecular weight is 931 g/mol. The molecule has 73 heavy (non-hydrogen) atoms. The van der Waals surface area contributed by atoms with Crippen molar-refractivity contribution in [1.82, 2.24) is 9.13 Å². The minimum absolute atomic E-state index is 0.213. The topological polar surface area (TPSA) is 9.86 Å². The fourth-order valence-corrected chi connectivity index (χ4v) is 12.9. The Labute approximate surface area is 425 Å². The van der Waals surface area contributed by atoms with Gasteiger partial charge >= 0.3 is 0 Å². The first-order valence-electron chi connectivity index (χ1n) is 25.7. The van der Waals surface area contributed by atoms with E-state index in [-0.39, 0.29) is 11.3 Å². The van der Waals surface area contributed by atoms with Gasteiger partial charge in [-0.15, -0.1) is 0 Å². The maximum absolute atomic E-state index is 2.51. The predicted octanol–water partition coefficient (Wildman–Crippen LogP) is 18.7. The third-order valence-corrected chi connectivity index (χ3v) is 16.4. The Balaban J connectivity index is 0.865. The first kappa shape index (κ1) is 41.8. The van der Waals surface area contributed by atoms with Crippen molar-refractivity contribution < 1.29 is 0 Å². The first-order chi connectivity index (χ1) is 35.9. The molecule has 0 amide bonds. The largest absolute Gasteiger partial charge is 0.309 e. The van der Waals surface area contributed by atoms with Gasteiger partial charge in [0.25, 0.3) is 0 Å². The van der Waals surface area contributed by atoms with E-state index in [0.29, 0.717) is 0 Å². The van der Waals surface area contributed by atoms with Crippen LogP contribution in [0.4, 0.5) is 0 Å². The predicted molar refractivity (Wildman–Crippen MR) is 307 cm³/mol. The third kappa shape index (κ3) is 6.30. The number of fused-ring (bicyclic) bond motifs is 12. The number of nitrogens with zero attached hydrogens (tertiary/aromatic N) is 2. The molecule has 13 aromatic rings. The van der Waals surface area contributed by atoms with Crippen LogP contribution in [0.1, 0.15) is 53.1 Å². The molecule has 0 radical (unpaired) electrons. The summed E-state index contributed by atoms with van der Waals surface area (Å²) in [5.41, 5.74) is 27.6. The molecule has 0 aliphatic heterocycles. The first-order valence-corrected chi connectivity index (χ1v) is 25.7. The smallest absolute Gasteiger partial charge is 0.0544 e. The molecule has 0 atom stereocenters. The van der Waals surface area contributed by atoms with Crippen molar-refractivity contribution in [3.05, 3.63) is 276 Å². The van der Waals surface area contributed by atoms with Gasteiger partial charge in [0.1, 0.15) is 0 Å². The van der Waals surface area contributed by atoms with Gasteiger partial charge in [0, 0.05) is 44.3 Å². The highest BCUT2D eigenvalue weighted by Gasteiger charge is 2.38. The molecular weight excluding hydrogens is 881 g/mol. The van der Waals surface area contributed by atoms with Crippen LogP contribution in [0.15, 0.2) is 243 Å². The van der Waals surface area contributed by atoms with Gasteiger partial charge in [-0.2, -0.15) is 0 Å². The lowest BCUT2D eigenvalue weighted by atomic mass is 9.82. The molecule has 15 rings (SSSR count). The summed E-state index contributed by atoms with van der Waals surface area (Å²) in [7, 11) is 0. The second-order valence-electron chi connectivity index (χ2n) is 20.9. The molecule has 2 aliphatic rings. The molecule has 2 heterocycles. The minimum atomic E-state index is -0.255. The number of para-hydroxylation sites is 2. The lowest BCUT2D eigenvalue weighted by molar-refractivity contribution is 0.661. The van der Waals surface area contributed by atoms with Crippen LogP contribution in [0.2, 0.25) is 0 Å². The van der Waals surface area contributed by atoms with E-state index in [0.717, 1.165) is 5.69 Å². The van der Waals surface area contributed by atoms with E-state index < -0.39 is 0 Å². The average Bonchev–Trinajstić information content (AvgIpc) is 4.18. The Morgan fingerprint density at radius 1 is 0.315 bits per heavy atom. The lowest BCUT2D eigenvalue weighted by Gasteiger charge is -2.22. The fourth-order valence-electron chi connectivity index (χ4n) is 12.9. The van der Waals surface area contributed by atoms with E-state index in [9.17, 15) is 0 Å². The third-order valence-electron chi connectivity index (χ3n) is 16.4. The molecule has 0 fully saturated rings. The highest BCUT2D eigenvalue weighted by atomic mass is 15.0. The summed E-state index contributed by atoms with van der Waals surface area (Å²) in [6.45, 7) is 7.02. The van der Waals surface area contributed by atoms with Crippen LogP contribution in [0.3, 0.4) is 0 Å². The van der Waals surface area contributed by atoms with Gasteiger partial charge in [0.15, 0.2) is 0 Å². The van der Waals surface area contributed by atoms with Crippen molar-refractivity contribution >= 4 is 43.6 Å². The van der Waals surface area contributed by atoms with E-state index in [2.05, 4.69) is 273 Å². The van der Waals surface area contributed by atoms with E-state index in [1.54, 1.807) is 0 Å². The molecule has 0 saturated heterocycles. The lowest BCUT2D eigenvalue weighted by Crippen LogP contribution is -2.15. The number of hydrogen-bond acceptors (Lipinski definition) is 0. The molecule has 0 bridgehead atoms. The molecule has 0 spiro atoms. The van der Waals surface area contributed by atoms with Crippen LogP contribution in [-0.2, 0) is 5.41 Å². The van der Waals surface area contributed by atoms with E-state index in [4.69, 9.17) is 0 Å². The number of hydrogen-bond donors (Lipinski definition) is 0. The molecule has 11 aromatic carbocycles. The second kappa shape index (κ2) is 15.8. The fraction of sp³-hybridized carbons (Fsp3) is 0.0704. The van der Waals surface area contributed by atoms with Crippen LogP contribution >= 0.6 is 0 Å². The minimum Gasteiger partial charge on any atom is -0.309 e. The monoisotopic (exact) mass is 930 g/mol. The maximum atomic E-state index is 2.51. The molecule has 0 N–H and O–H groups in total. The number of aromatic nitrogens is 2. The number of aryl methyl sites for hydroxylation is 1. The number of benzene rings is 11. The van der Waals surface area contributed by atoms with Gasteiger partial charge in [0.05, 0.1) is 22.1 Å². The highest BCUT2D eigenvalue weighted by Crippen LogP contribution is 2.54. The van der Waals surface area contributed by atoms with Gasteiger partial charge in [-0.05, 0) is 169 Å². The Hall–Kier alpha value is -8.98. The van der Waals surface area contributed by atoms with Crippen LogP contribution < -0.4 is 0 Å². The Morgan fingerprint density at radius 2 is 0.795 bits per heavy atom. The molecule has 0 unspecified atom stereocenters. The zero-order valence-corrected chi connectivity index (χ0v) is 41.1. The summed E-state index contributed by atoms with van der Waals surface area (Å²) < 4.78 is 5.00. The van der Waals surface area contributed by atoms with Crippen molar-refractivity contribution in [2.24, 2.45) is 0 Å². The Kier molecular flexibility index (Phi) is 9.02. The van der Waals surface area contributed by atoms with Crippen LogP contribution in [-0.4, -0.2) is 9.13 Å². The van der Waals surface area contributed by atoms with E-state index in [1.807, 2.05) is 0 Å². The molecule has 2 aromatic heterocycles. The Morgan fingerprint density at radius 3 is 1.38 bits per heavy atom. The summed E-state index contributed by atoms with van der Waals surface area (Å²) in [6.07, 6.45) is 0. The zero-order chi connectivity index (χ0) is 48.5. The zero-order valence-electron chi connectivity index (χ0n) is 41.1. The summed E-state index contributed by atoms with van der Waals surface area (Å²) in [5.74, 6) is 0.213. The van der Waals surface area contributed by atoms with Crippen molar-refractivity contribution in [2.75, 3.05) is 0 Å². The molecule has 2 heteroatoms. The normalized spacial score (nSPS) is 13.5. The molecule has 0 saturated carbocycles. The van der Waals surface area contributed by atoms with Gasteiger partial charge in [0.2, 0.25) is 0 Å². The van der Waals surface area contributed by atoms with Gasteiger partial charge in [-0.25, -0.2) is 0 Å². The van der Waals surface area contributed by atoms with Crippen LogP contribution in [0.5, 0.6) is 0 Å². The maximum Gasteiger partial charge on any atom is 0.0544 e. The second-order valence-corrected chi connectivity index (χ2v) is 20.9. The SMILES string of the molecule is Cc1cccc(-c2cc(-c3ccccc3)cc(-c3cccc(-n4c5ccccc5c5cc6c(cc54)C(C)(C)c4cc5c(cc4-6)c4ccccc4n5-c4ccc(C5c6ccccc6-c6ccccc65)cc4)c3)c2)c1. The number of rotatable bonds is 6. The Bertz CT molecular complexity index is 4360. The molecule has 2 aliphatic carbocycles. The molecule has 344 valence electrons. The summed E-state index contributed by atoms with van der Waals surface area (Å²) in [6, 6.07) is 91.0. The highest BCUT2D eigenvalue weighted by molar-refractivity contribution is 6.14. The van der Waals surface area contributed by atoms with Crippen molar-refractivity contribution in [1.29, 1.82) is 0 Å². The molecule has 2 nitrogen and oxygen atoms in total. The van der Waals surface area contributed by atoms with E-state index >= 15 is 0 Å². The van der Waals surface area contributed by atoms with Gasteiger partial charge in [-0.1, -0.05) is 183 Å². The van der Waals surface area contributed by atoms with Crippen molar-refractivity contribution in [3.8, 4) is 67.0 Å². The summed E-state index contributed by atoms with van der Waals surface area (Å²) in [4.78, 5) is 0. The quantitative estimate of drug-likeness (QED) is 0.157.